The average molecular weight is 210 g/mol. The van der Waals surface area contributed by atoms with Gasteiger partial charge in [-0.2, -0.15) is 0 Å². The molecule has 0 atom stereocenters. The number of ether oxygens (including phenoxy) is 1. The molecule has 0 amide bonds. The Kier molecular flexibility index (Phi) is 3.39. The first-order valence-electron chi connectivity index (χ1n) is 5.30. The van der Waals surface area contributed by atoms with Gasteiger partial charge in [0.25, 0.3) is 0 Å². The van der Waals surface area contributed by atoms with Crippen LogP contribution in [-0.2, 0) is 0 Å². The molecule has 0 saturated heterocycles. The monoisotopic (exact) mass is 210 g/mol. The summed E-state index contributed by atoms with van der Waals surface area (Å²) in [6.07, 6.45) is 5.56. The highest BCUT2D eigenvalue weighted by molar-refractivity contribution is 5.88. The van der Waals surface area contributed by atoms with Crippen molar-refractivity contribution >= 4 is 10.8 Å². The Morgan fingerprint density at radius 1 is 1.06 bits per heavy atom. The number of hydrogen-bond donors (Lipinski definition) is 0. The third-order valence-corrected chi connectivity index (χ3v) is 2.36. The minimum atomic E-state index is 0.569. The van der Waals surface area contributed by atoms with Crippen molar-refractivity contribution in [2.75, 3.05) is 6.61 Å². The third-order valence-electron chi connectivity index (χ3n) is 2.36. The van der Waals surface area contributed by atoms with Crippen molar-refractivity contribution in [3.8, 4) is 5.75 Å². The molecule has 0 fully saturated rings. The zero-order valence-corrected chi connectivity index (χ0v) is 9.10. The van der Waals surface area contributed by atoms with E-state index in [1.54, 1.807) is 6.08 Å². The van der Waals surface area contributed by atoms with E-state index in [2.05, 4.69) is 24.8 Å². The van der Waals surface area contributed by atoms with E-state index in [9.17, 15) is 0 Å². The minimum absolute atomic E-state index is 0.569. The molecule has 0 aliphatic carbocycles. The van der Waals surface area contributed by atoms with Gasteiger partial charge in [-0.05, 0) is 17.5 Å². The maximum atomic E-state index is 5.69. The Labute approximate surface area is 95.7 Å². The lowest BCUT2D eigenvalue weighted by atomic mass is 10.1. The Hall–Kier alpha value is -2.02. The second-order valence-electron chi connectivity index (χ2n) is 3.45. The van der Waals surface area contributed by atoms with Crippen LogP contribution in [0.25, 0.3) is 10.8 Å². The van der Waals surface area contributed by atoms with Gasteiger partial charge in [-0.1, -0.05) is 55.1 Å². The molecule has 1 nitrogen and oxygen atoms in total. The fraction of sp³-hybridized carbons (Fsp3) is 0.0667. The van der Waals surface area contributed by atoms with Crippen LogP contribution in [0.2, 0.25) is 0 Å². The van der Waals surface area contributed by atoms with Gasteiger partial charge in [0.05, 0.1) is 0 Å². The molecule has 0 heterocycles. The summed E-state index contributed by atoms with van der Waals surface area (Å²) in [5.41, 5.74) is 0. The van der Waals surface area contributed by atoms with Crippen molar-refractivity contribution in [2.24, 2.45) is 0 Å². The van der Waals surface area contributed by atoms with Crippen LogP contribution in [0.5, 0.6) is 5.75 Å². The summed E-state index contributed by atoms with van der Waals surface area (Å²) in [4.78, 5) is 0. The first-order chi connectivity index (χ1) is 7.92. The molecule has 0 N–H and O–H groups in total. The maximum absolute atomic E-state index is 5.69. The first kappa shape index (κ1) is 10.5. The van der Waals surface area contributed by atoms with E-state index >= 15 is 0 Å². The lowest BCUT2D eigenvalue weighted by Gasteiger charge is -2.06. The molecule has 0 bridgehead atoms. The molecule has 80 valence electrons. The normalized spacial score (nSPS) is 10.8. The zero-order valence-electron chi connectivity index (χ0n) is 9.10. The molecule has 0 aliphatic rings. The molecule has 1 heteroatoms. The van der Waals surface area contributed by atoms with E-state index < -0.39 is 0 Å². The van der Waals surface area contributed by atoms with E-state index in [1.165, 1.54) is 5.39 Å². The lowest BCUT2D eigenvalue weighted by Crippen LogP contribution is -1.93. The Balaban J connectivity index is 2.23. The molecule has 0 aliphatic heterocycles. The first-order valence-corrected chi connectivity index (χ1v) is 5.30. The third kappa shape index (κ3) is 2.31. The smallest absolute Gasteiger partial charge is 0.127 e. The molecule has 2 aromatic rings. The molecule has 16 heavy (non-hydrogen) atoms. The van der Waals surface area contributed by atoms with Crippen LogP contribution in [-0.4, -0.2) is 6.61 Å². The summed E-state index contributed by atoms with van der Waals surface area (Å²) in [5, 5.41) is 2.35. The Bertz CT molecular complexity index is 506. The Morgan fingerprint density at radius 2 is 1.88 bits per heavy atom. The van der Waals surface area contributed by atoms with Gasteiger partial charge in [-0.3, -0.25) is 0 Å². The van der Waals surface area contributed by atoms with Crippen molar-refractivity contribution in [1.29, 1.82) is 0 Å². The van der Waals surface area contributed by atoms with Crippen molar-refractivity contribution in [3.05, 3.63) is 67.3 Å². The van der Waals surface area contributed by atoms with Gasteiger partial charge >= 0.3 is 0 Å². The molecule has 0 radical (unpaired) electrons. The summed E-state index contributed by atoms with van der Waals surface area (Å²) in [7, 11) is 0. The molecular weight excluding hydrogens is 196 g/mol. The SMILES string of the molecule is C=CC=CCOc1cccc2ccccc12. The summed E-state index contributed by atoms with van der Waals surface area (Å²) in [6, 6.07) is 14.3. The highest BCUT2D eigenvalue weighted by Crippen LogP contribution is 2.24. The van der Waals surface area contributed by atoms with Crippen molar-refractivity contribution in [1.82, 2.24) is 0 Å². The van der Waals surface area contributed by atoms with Crippen LogP contribution in [0.3, 0.4) is 0 Å². The van der Waals surface area contributed by atoms with E-state index in [1.807, 2.05) is 36.4 Å². The number of allylic oxidation sites excluding steroid dienone is 2. The fourth-order valence-electron chi connectivity index (χ4n) is 1.61. The predicted molar refractivity (Wildman–Crippen MR) is 68.8 cm³/mol. The molecule has 0 aromatic heterocycles. The molecule has 0 unspecified atom stereocenters. The predicted octanol–water partition coefficient (Wildman–Crippen LogP) is 3.96. The van der Waals surface area contributed by atoms with E-state index in [0.717, 1.165) is 11.1 Å². The highest BCUT2D eigenvalue weighted by Gasteiger charge is 1.98. The molecule has 2 aromatic carbocycles. The average Bonchev–Trinajstić information content (AvgIpc) is 2.35. The van der Waals surface area contributed by atoms with Gasteiger partial charge in [0.1, 0.15) is 12.4 Å². The van der Waals surface area contributed by atoms with Crippen LogP contribution in [0.1, 0.15) is 0 Å². The quantitative estimate of drug-likeness (QED) is 0.694. The highest BCUT2D eigenvalue weighted by atomic mass is 16.5. The van der Waals surface area contributed by atoms with Crippen LogP contribution < -0.4 is 4.74 Å². The van der Waals surface area contributed by atoms with Crippen molar-refractivity contribution < 1.29 is 4.74 Å². The van der Waals surface area contributed by atoms with Crippen LogP contribution >= 0.6 is 0 Å². The van der Waals surface area contributed by atoms with Gasteiger partial charge in [-0.15, -0.1) is 0 Å². The molecule has 0 spiro atoms. The lowest BCUT2D eigenvalue weighted by molar-refractivity contribution is 0.367. The zero-order chi connectivity index (χ0) is 11.2. The fourth-order valence-corrected chi connectivity index (χ4v) is 1.61. The minimum Gasteiger partial charge on any atom is -0.489 e. The molecule has 0 saturated carbocycles. The van der Waals surface area contributed by atoms with E-state index in [0.29, 0.717) is 6.61 Å². The molecule has 2 rings (SSSR count). The maximum Gasteiger partial charge on any atom is 0.127 e. The standard InChI is InChI=1S/C15H14O/c1-2-3-6-12-16-15-11-7-9-13-8-4-5-10-14(13)15/h2-11H,1,12H2. The van der Waals surface area contributed by atoms with Crippen LogP contribution in [0.4, 0.5) is 0 Å². The number of rotatable bonds is 4. The van der Waals surface area contributed by atoms with Gasteiger partial charge in [0.2, 0.25) is 0 Å². The summed E-state index contributed by atoms with van der Waals surface area (Å²) in [5.74, 6) is 0.923. The second kappa shape index (κ2) is 5.17. The number of fused-ring (bicyclic) bond motifs is 1. The van der Waals surface area contributed by atoms with Crippen molar-refractivity contribution in [3.63, 3.8) is 0 Å². The number of benzene rings is 2. The largest absolute Gasteiger partial charge is 0.489 e. The number of hydrogen-bond acceptors (Lipinski definition) is 1. The summed E-state index contributed by atoms with van der Waals surface area (Å²) in [6.45, 7) is 4.18. The van der Waals surface area contributed by atoms with Gasteiger partial charge in [0.15, 0.2) is 0 Å². The summed E-state index contributed by atoms with van der Waals surface area (Å²) < 4.78 is 5.69. The summed E-state index contributed by atoms with van der Waals surface area (Å²) >= 11 is 0. The van der Waals surface area contributed by atoms with Crippen LogP contribution in [0.15, 0.2) is 67.3 Å². The van der Waals surface area contributed by atoms with Gasteiger partial charge < -0.3 is 4.74 Å². The molecular formula is C15H14O. The van der Waals surface area contributed by atoms with Crippen LogP contribution in [0, 0.1) is 0 Å². The Morgan fingerprint density at radius 3 is 2.75 bits per heavy atom. The topological polar surface area (TPSA) is 9.23 Å². The van der Waals surface area contributed by atoms with E-state index in [-0.39, 0.29) is 0 Å². The van der Waals surface area contributed by atoms with Gasteiger partial charge in [0, 0.05) is 5.39 Å². The second-order valence-corrected chi connectivity index (χ2v) is 3.45. The van der Waals surface area contributed by atoms with E-state index in [4.69, 9.17) is 4.74 Å². The van der Waals surface area contributed by atoms with Crippen molar-refractivity contribution in [2.45, 2.75) is 0 Å². The van der Waals surface area contributed by atoms with Gasteiger partial charge in [-0.25, -0.2) is 0 Å².